The van der Waals surface area contributed by atoms with E-state index < -0.39 is 0 Å². The van der Waals surface area contributed by atoms with E-state index in [1.54, 1.807) is 0 Å². The van der Waals surface area contributed by atoms with Crippen molar-refractivity contribution < 1.29 is 0 Å². The minimum atomic E-state index is 1.10. The molecule has 9 aromatic carbocycles. The zero-order chi connectivity index (χ0) is 35.8. The number of para-hydroxylation sites is 2. The molecule has 1 aromatic heterocycles. The average Bonchev–Trinajstić information content (AvgIpc) is 3.63. The smallest absolute Gasteiger partial charge is 0.0540 e. The lowest BCUT2D eigenvalue weighted by molar-refractivity contribution is 1.28. The van der Waals surface area contributed by atoms with Crippen molar-refractivity contribution in [3.63, 3.8) is 0 Å². The van der Waals surface area contributed by atoms with Gasteiger partial charge in [-0.05, 0) is 92.7 Å². The molecule has 0 aliphatic rings. The van der Waals surface area contributed by atoms with Crippen molar-refractivity contribution in [3.05, 3.63) is 212 Å². The van der Waals surface area contributed by atoms with Crippen molar-refractivity contribution in [3.8, 4) is 44.5 Å². The molecule has 0 atom stereocenters. The average molecular weight is 706 g/mol. The van der Waals surface area contributed by atoms with Gasteiger partial charge in [-0.1, -0.05) is 164 Å². The van der Waals surface area contributed by atoms with Crippen LogP contribution in [-0.4, -0.2) is 0 Å². The lowest BCUT2D eigenvalue weighted by Crippen LogP contribution is -2.12. The summed E-state index contributed by atoms with van der Waals surface area (Å²) >= 11 is 1.86. The van der Waals surface area contributed by atoms with Gasteiger partial charge in [0.05, 0.1) is 11.4 Å². The second-order valence-corrected chi connectivity index (χ2v) is 14.8. The minimum absolute atomic E-state index is 1.10. The summed E-state index contributed by atoms with van der Waals surface area (Å²) in [5.41, 5.74) is 12.9. The third kappa shape index (κ3) is 5.84. The Labute approximate surface area is 319 Å². The second-order valence-electron chi connectivity index (χ2n) is 13.7. The summed E-state index contributed by atoms with van der Waals surface area (Å²) in [7, 11) is 0. The number of hydrogen-bond donors (Lipinski definition) is 0. The SMILES string of the molecule is c1ccc(-c2ccccc2N(c2ccc(-c3ccc(-c4ccc5ccccc5c4)cc3)cc2)c2ccccc2-c2ccc3sc4ccccc4c3c2)cc1. The van der Waals surface area contributed by atoms with Crippen LogP contribution in [-0.2, 0) is 0 Å². The Balaban J connectivity index is 1.07. The van der Waals surface area contributed by atoms with Crippen LogP contribution >= 0.6 is 11.3 Å². The molecule has 0 fully saturated rings. The lowest BCUT2D eigenvalue weighted by Gasteiger charge is -2.30. The Morgan fingerprint density at radius 2 is 0.815 bits per heavy atom. The van der Waals surface area contributed by atoms with Crippen molar-refractivity contribution in [2.45, 2.75) is 0 Å². The van der Waals surface area contributed by atoms with Gasteiger partial charge in [-0.3, -0.25) is 0 Å². The Morgan fingerprint density at radius 3 is 1.56 bits per heavy atom. The molecule has 0 aliphatic carbocycles. The number of rotatable bonds is 7. The minimum Gasteiger partial charge on any atom is -0.309 e. The fourth-order valence-electron chi connectivity index (χ4n) is 7.77. The highest BCUT2D eigenvalue weighted by atomic mass is 32.1. The number of fused-ring (bicyclic) bond motifs is 4. The summed E-state index contributed by atoms with van der Waals surface area (Å²) in [6, 6.07) is 77.2. The normalized spacial score (nSPS) is 11.3. The van der Waals surface area contributed by atoms with E-state index in [1.807, 2.05) is 11.3 Å². The van der Waals surface area contributed by atoms with E-state index in [-0.39, 0.29) is 0 Å². The van der Waals surface area contributed by atoms with Gasteiger partial charge in [-0.25, -0.2) is 0 Å². The van der Waals surface area contributed by atoms with E-state index >= 15 is 0 Å². The van der Waals surface area contributed by atoms with E-state index in [2.05, 4.69) is 217 Å². The fourth-order valence-corrected chi connectivity index (χ4v) is 8.86. The summed E-state index contributed by atoms with van der Waals surface area (Å²) in [4.78, 5) is 2.43. The van der Waals surface area contributed by atoms with Crippen LogP contribution in [0.3, 0.4) is 0 Å². The van der Waals surface area contributed by atoms with Gasteiger partial charge < -0.3 is 4.90 Å². The first-order valence-corrected chi connectivity index (χ1v) is 19.2. The highest BCUT2D eigenvalue weighted by Gasteiger charge is 2.21. The van der Waals surface area contributed by atoms with E-state index in [0.717, 1.165) is 17.1 Å². The molecule has 0 unspecified atom stereocenters. The van der Waals surface area contributed by atoms with Crippen molar-refractivity contribution in [2.75, 3.05) is 4.90 Å². The first-order valence-electron chi connectivity index (χ1n) is 18.4. The molecule has 1 heterocycles. The topological polar surface area (TPSA) is 3.24 Å². The molecule has 10 aromatic rings. The largest absolute Gasteiger partial charge is 0.309 e. The van der Waals surface area contributed by atoms with Crippen molar-refractivity contribution in [2.24, 2.45) is 0 Å². The molecule has 254 valence electrons. The summed E-state index contributed by atoms with van der Waals surface area (Å²) in [5, 5.41) is 5.13. The Morgan fingerprint density at radius 1 is 0.296 bits per heavy atom. The van der Waals surface area contributed by atoms with Crippen LogP contribution in [0.5, 0.6) is 0 Å². The summed E-state index contributed by atoms with van der Waals surface area (Å²) in [6.07, 6.45) is 0. The molecule has 0 N–H and O–H groups in total. The van der Waals surface area contributed by atoms with Gasteiger partial charge in [0.25, 0.3) is 0 Å². The number of benzene rings is 9. The van der Waals surface area contributed by atoms with Gasteiger partial charge in [0, 0.05) is 37.0 Å². The third-order valence-electron chi connectivity index (χ3n) is 10.5. The standard InChI is InChI=1S/C52H35NS/c1-2-13-40(14-3-1)45-16-6-9-19-49(45)53(50-20-10-7-17-46(50)43-30-33-52-48(35-43)47-18-8-11-21-51(47)54-52)44-31-28-38(29-32-44)37-22-24-39(25-23-37)42-27-26-36-12-4-5-15-41(36)34-42/h1-35H. The van der Waals surface area contributed by atoms with Gasteiger partial charge in [0.1, 0.15) is 0 Å². The van der Waals surface area contributed by atoms with Crippen LogP contribution in [0.2, 0.25) is 0 Å². The number of anilines is 3. The predicted octanol–water partition coefficient (Wildman–Crippen LogP) is 15.3. The molecule has 1 nitrogen and oxygen atoms in total. The van der Waals surface area contributed by atoms with E-state index in [0.29, 0.717) is 0 Å². The highest BCUT2D eigenvalue weighted by Crippen LogP contribution is 2.46. The molecule has 0 saturated carbocycles. The molecule has 10 rings (SSSR count). The van der Waals surface area contributed by atoms with Crippen LogP contribution < -0.4 is 4.90 Å². The van der Waals surface area contributed by atoms with Crippen molar-refractivity contribution in [1.29, 1.82) is 0 Å². The van der Waals surface area contributed by atoms with Crippen LogP contribution in [0, 0.1) is 0 Å². The Bertz CT molecular complexity index is 2920. The molecule has 0 bridgehead atoms. The molecule has 54 heavy (non-hydrogen) atoms. The number of hydrogen-bond acceptors (Lipinski definition) is 2. The third-order valence-corrected chi connectivity index (χ3v) is 11.6. The first kappa shape index (κ1) is 32.0. The monoisotopic (exact) mass is 705 g/mol. The number of thiophene rings is 1. The van der Waals surface area contributed by atoms with Crippen molar-refractivity contribution in [1.82, 2.24) is 0 Å². The predicted molar refractivity (Wildman–Crippen MR) is 233 cm³/mol. The van der Waals surface area contributed by atoms with Gasteiger partial charge in [-0.15, -0.1) is 11.3 Å². The Kier molecular flexibility index (Phi) is 8.09. The summed E-state index contributed by atoms with van der Waals surface area (Å²) < 4.78 is 2.63. The van der Waals surface area contributed by atoms with Crippen LogP contribution in [0.15, 0.2) is 212 Å². The molecule has 0 aliphatic heterocycles. The molecule has 2 heteroatoms. The number of nitrogens with zero attached hydrogens (tertiary/aromatic N) is 1. The maximum atomic E-state index is 2.43. The molecule has 0 saturated heterocycles. The van der Waals surface area contributed by atoms with Gasteiger partial charge in [0.2, 0.25) is 0 Å². The maximum Gasteiger partial charge on any atom is 0.0540 e. The van der Waals surface area contributed by atoms with Gasteiger partial charge in [-0.2, -0.15) is 0 Å². The molecule has 0 spiro atoms. The van der Waals surface area contributed by atoms with E-state index in [1.165, 1.54) is 75.5 Å². The Hall–Kier alpha value is -6.74. The quantitative estimate of drug-likeness (QED) is 0.160. The van der Waals surface area contributed by atoms with Gasteiger partial charge >= 0.3 is 0 Å². The first-order chi connectivity index (χ1) is 26.8. The van der Waals surface area contributed by atoms with Crippen LogP contribution in [0.1, 0.15) is 0 Å². The van der Waals surface area contributed by atoms with E-state index in [4.69, 9.17) is 0 Å². The summed E-state index contributed by atoms with van der Waals surface area (Å²) in [5.74, 6) is 0. The molecule has 0 radical (unpaired) electrons. The maximum absolute atomic E-state index is 2.43. The lowest BCUT2D eigenvalue weighted by atomic mass is 9.97. The molecular weight excluding hydrogens is 671 g/mol. The van der Waals surface area contributed by atoms with Crippen LogP contribution in [0.25, 0.3) is 75.5 Å². The summed E-state index contributed by atoms with van der Waals surface area (Å²) in [6.45, 7) is 0. The fraction of sp³-hybridized carbons (Fsp3) is 0. The van der Waals surface area contributed by atoms with E-state index in [9.17, 15) is 0 Å². The second kappa shape index (κ2) is 13.7. The molecule has 0 amide bonds. The zero-order valence-electron chi connectivity index (χ0n) is 29.6. The van der Waals surface area contributed by atoms with Gasteiger partial charge in [0.15, 0.2) is 0 Å². The van der Waals surface area contributed by atoms with Crippen LogP contribution in [0.4, 0.5) is 17.1 Å². The van der Waals surface area contributed by atoms with Crippen molar-refractivity contribution >= 4 is 59.3 Å². The zero-order valence-corrected chi connectivity index (χ0v) is 30.4. The highest BCUT2D eigenvalue weighted by molar-refractivity contribution is 7.25. The molecular formula is C52H35NS.